The molecule has 2 aromatic carbocycles. The molecule has 0 unspecified atom stereocenters. The largest absolute Gasteiger partial charge is 0.407 e. The molecule has 0 aliphatic heterocycles. The van der Waals surface area contributed by atoms with E-state index in [2.05, 4.69) is 86.4 Å². The molecule has 0 saturated heterocycles. The fourth-order valence-electron chi connectivity index (χ4n) is 4.05. The van der Waals surface area contributed by atoms with Crippen molar-refractivity contribution in [3.8, 4) is 11.8 Å². The summed E-state index contributed by atoms with van der Waals surface area (Å²) in [5, 5.41) is 2.42. The van der Waals surface area contributed by atoms with Crippen molar-refractivity contribution in [2.45, 2.75) is 90.9 Å². The van der Waals surface area contributed by atoms with Crippen LogP contribution in [0, 0.1) is 11.8 Å². The van der Waals surface area contributed by atoms with Crippen molar-refractivity contribution in [2.24, 2.45) is 0 Å². The Balaban J connectivity index is 1.94. The minimum atomic E-state index is -2.72. The Labute approximate surface area is 204 Å². The molecule has 0 aliphatic rings. The standard InChI is InChI=1S/C30H44O2Si/c1-3-5-7-9-10-11-12-13-14-22-28-32-33(29-23-17-15-18-24-29,30-25-19-16-20-26-30)31-27-21-8-6-4-2/h15-20,23-26H,3-4,6,8-14,21-22,27-28H2,1-2H3. The van der Waals surface area contributed by atoms with Crippen molar-refractivity contribution in [1.29, 1.82) is 0 Å². The predicted octanol–water partition coefficient (Wildman–Crippen LogP) is 7.00. The highest BCUT2D eigenvalue weighted by Crippen LogP contribution is 2.14. The molecule has 0 bridgehead atoms. The molecule has 0 aliphatic carbocycles. The minimum absolute atomic E-state index is 0.757. The maximum Gasteiger partial charge on any atom is 0.407 e. The van der Waals surface area contributed by atoms with Crippen molar-refractivity contribution in [1.82, 2.24) is 0 Å². The lowest BCUT2D eigenvalue weighted by Gasteiger charge is -2.31. The van der Waals surface area contributed by atoms with E-state index in [-0.39, 0.29) is 0 Å². The molecular formula is C30H44O2Si. The molecule has 0 amide bonds. The first-order valence-electron chi connectivity index (χ1n) is 13.2. The average Bonchev–Trinajstić information content (AvgIpc) is 2.87. The molecule has 0 radical (unpaired) electrons. The maximum atomic E-state index is 6.78. The van der Waals surface area contributed by atoms with Gasteiger partial charge >= 0.3 is 8.56 Å². The predicted molar refractivity (Wildman–Crippen MR) is 144 cm³/mol. The average molecular weight is 465 g/mol. The van der Waals surface area contributed by atoms with Crippen molar-refractivity contribution >= 4 is 18.9 Å². The number of hydrogen-bond donors (Lipinski definition) is 0. The molecule has 0 saturated carbocycles. The Morgan fingerprint density at radius 1 is 0.576 bits per heavy atom. The third kappa shape index (κ3) is 10.3. The van der Waals surface area contributed by atoms with Crippen LogP contribution in [0.4, 0.5) is 0 Å². The molecule has 180 valence electrons. The highest BCUT2D eigenvalue weighted by molar-refractivity contribution is 6.92. The van der Waals surface area contributed by atoms with E-state index in [0.29, 0.717) is 0 Å². The molecule has 0 fully saturated rings. The van der Waals surface area contributed by atoms with Gasteiger partial charge in [-0.15, -0.1) is 11.8 Å². The Morgan fingerprint density at radius 2 is 1.06 bits per heavy atom. The van der Waals surface area contributed by atoms with E-state index in [0.717, 1.165) is 38.9 Å². The summed E-state index contributed by atoms with van der Waals surface area (Å²) in [6.07, 6.45) is 14.2. The fraction of sp³-hybridized carbons (Fsp3) is 0.533. The van der Waals surface area contributed by atoms with Gasteiger partial charge in [-0.1, -0.05) is 119 Å². The zero-order chi connectivity index (χ0) is 23.5. The van der Waals surface area contributed by atoms with Crippen molar-refractivity contribution < 1.29 is 8.85 Å². The molecule has 0 aromatic heterocycles. The first-order valence-corrected chi connectivity index (χ1v) is 15.0. The Kier molecular flexibility index (Phi) is 14.6. The molecule has 0 N–H and O–H groups in total. The van der Waals surface area contributed by atoms with Crippen molar-refractivity contribution in [3.63, 3.8) is 0 Å². The highest BCUT2D eigenvalue weighted by Gasteiger charge is 2.42. The molecule has 3 heteroatoms. The van der Waals surface area contributed by atoms with Crippen LogP contribution >= 0.6 is 0 Å². The lowest BCUT2D eigenvalue weighted by molar-refractivity contribution is 0.184. The molecule has 0 atom stereocenters. The molecular weight excluding hydrogens is 420 g/mol. The van der Waals surface area contributed by atoms with Gasteiger partial charge in [-0.05, 0) is 29.6 Å². The molecule has 2 nitrogen and oxygen atoms in total. The zero-order valence-electron chi connectivity index (χ0n) is 21.0. The molecule has 2 rings (SSSR count). The van der Waals surface area contributed by atoms with Gasteiger partial charge in [0.1, 0.15) is 0 Å². The Morgan fingerprint density at radius 3 is 1.58 bits per heavy atom. The lowest BCUT2D eigenvalue weighted by atomic mass is 10.1. The van der Waals surface area contributed by atoms with Gasteiger partial charge in [-0.25, -0.2) is 0 Å². The van der Waals surface area contributed by atoms with Crippen LogP contribution in [0.2, 0.25) is 0 Å². The summed E-state index contributed by atoms with van der Waals surface area (Å²) in [5.41, 5.74) is 0. The van der Waals surface area contributed by atoms with Gasteiger partial charge in [0.2, 0.25) is 0 Å². The van der Waals surface area contributed by atoms with Crippen LogP contribution < -0.4 is 10.4 Å². The Hall–Kier alpha value is -1.86. The number of rotatable bonds is 17. The summed E-state index contributed by atoms with van der Waals surface area (Å²) in [6, 6.07) is 21.3. The van der Waals surface area contributed by atoms with Crippen LogP contribution in [-0.2, 0) is 8.85 Å². The van der Waals surface area contributed by atoms with Gasteiger partial charge in [0, 0.05) is 26.1 Å². The smallest absolute Gasteiger partial charge is 0.388 e. The number of unbranched alkanes of at least 4 members (excludes halogenated alkanes) is 9. The monoisotopic (exact) mass is 464 g/mol. The quantitative estimate of drug-likeness (QED) is 0.142. The third-order valence-electron chi connectivity index (χ3n) is 5.91. The van der Waals surface area contributed by atoms with Gasteiger partial charge in [0.25, 0.3) is 0 Å². The lowest BCUT2D eigenvalue weighted by Crippen LogP contribution is -2.63. The van der Waals surface area contributed by atoms with Crippen molar-refractivity contribution in [3.05, 3.63) is 60.7 Å². The van der Waals surface area contributed by atoms with Gasteiger partial charge in [0.05, 0.1) is 0 Å². The topological polar surface area (TPSA) is 18.5 Å². The summed E-state index contributed by atoms with van der Waals surface area (Å²) in [7, 11) is -2.72. The first kappa shape index (κ1) is 27.4. The van der Waals surface area contributed by atoms with Crippen LogP contribution in [0.25, 0.3) is 0 Å². The molecule has 33 heavy (non-hydrogen) atoms. The number of hydrogen-bond acceptors (Lipinski definition) is 2. The summed E-state index contributed by atoms with van der Waals surface area (Å²) >= 11 is 0. The van der Waals surface area contributed by atoms with E-state index in [1.54, 1.807) is 0 Å². The van der Waals surface area contributed by atoms with E-state index in [1.807, 2.05) is 0 Å². The van der Waals surface area contributed by atoms with E-state index in [1.165, 1.54) is 61.7 Å². The highest BCUT2D eigenvalue weighted by atomic mass is 28.4. The second-order valence-corrected chi connectivity index (χ2v) is 11.6. The van der Waals surface area contributed by atoms with E-state index >= 15 is 0 Å². The maximum absolute atomic E-state index is 6.78. The Bertz CT molecular complexity index is 740. The van der Waals surface area contributed by atoms with Crippen LogP contribution in [0.15, 0.2) is 60.7 Å². The number of benzene rings is 2. The normalized spacial score (nSPS) is 11.2. The summed E-state index contributed by atoms with van der Waals surface area (Å²) < 4.78 is 13.5. The van der Waals surface area contributed by atoms with Crippen LogP contribution in [-0.4, -0.2) is 21.8 Å². The van der Waals surface area contributed by atoms with Gasteiger partial charge < -0.3 is 8.85 Å². The second kappa shape index (κ2) is 17.6. The van der Waals surface area contributed by atoms with Gasteiger partial charge in [-0.3, -0.25) is 0 Å². The SMILES string of the molecule is CCC#CCCCCCCCCO[Si](OCCCCCC)(c1ccccc1)c1ccccc1. The second-order valence-electron chi connectivity index (χ2n) is 8.68. The minimum Gasteiger partial charge on any atom is -0.388 e. The fourth-order valence-corrected chi connectivity index (χ4v) is 7.26. The van der Waals surface area contributed by atoms with Crippen LogP contribution in [0.1, 0.15) is 90.9 Å². The van der Waals surface area contributed by atoms with E-state index in [4.69, 9.17) is 8.85 Å². The van der Waals surface area contributed by atoms with Crippen LogP contribution in [0.5, 0.6) is 0 Å². The zero-order valence-corrected chi connectivity index (χ0v) is 22.0. The molecule has 0 heterocycles. The van der Waals surface area contributed by atoms with Gasteiger partial charge in [-0.2, -0.15) is 0 Å². The third-order valence-corrected chi connectivity index (χ3v) is 9.32. The van der Waals surface area contributed by atoms with E-state index in [9.17, 15) is 0 Å². The summed E-state index contributed by atoms with van der Waals surface area (Å²) in [4.78, 5) is 0. The van der Waals surface area contributed by atoms with Crippen LogP contribution in [0.3, 0.4) is 0 Å². The van der Waals surface area contributed by atoms with Crippen molar-refractivity contribution in [2.75, 3.05) is 13.2 Å². The first-order chi connectivity index (χ1) is 16.3. The summed E-state index contributed by atoms with van der Waals surface area (Å²) in [6.45, 7) is 5.88. The van der Waals surface area contributed by atoms with Gasteiger partial charge in [0.15, 0.2) is 0 Å². The molecule has 0 spiro atoms. The summed E-state index contributed by atoms with van der Waals surface area (Å²) in [5.74, 6) is 6.40. The van der Waals surface area contributed by atoms with E-state index < -0.39 is 8.56 Å². The molecule has 2 aromatic rings.